The van der Waals surface area contributed by atoms with Crippen molar-refractivity contribution in [2.45, 2.75) is 19.3 Å². The van der Waals surface area contributed by atoms with Crippen LogP contribution in [0.3, 0.4) is 0 Å². The summed E-state index contributed by atoms with van der Waals surface area (Å²) in [7, 11) is 0. The van der Waals surface area contributed by atoms with Crippen LogP contribution in [0.5, 0.6) is 0 Å². The van der Waals surface area contributed by atoms with Gasteiger partial charge in [0.2, 0.25) is 0 Å². The second-order valence-electron chi connectivity index (χ2n) is 6.28. The zero-order chi connectivity index (χ0) is 16.7. The van der Waals surface area contributed by atoms with Crippen molar-refractivity contribution >= 4 is 28.0 Å². The van der Waals surface area contributed by atoms with Gasteiger partial charge in [-0.1, -0.05) is 76.6 Å². The minimum Gasteiger partial charge on any atom is -0.298 e. The molecule has 0 atom stereocenters. The number of halogens is 1. The van der Waals surface area contributed by atoms with Gasteiger partial charge in [-0.05, 0) is 25.0 Å². The molecule has 2 aromatic rings. The molecule has 1 aliphatic carbocycles. The lowest BCUT2D eigenvalue weighted by molar-refractivity contribution is -0.127. The Kier molecular flexibility index (Phi) is 3.85. The van der Waals surface area contributed by atoms with Gasteiger partial charge in [0, 0.05) is 10.1 Å². The predicted molar refractivity (Wildman–Crippen MR) is 94.5 cm³/mol. The Hall–Kier alpha value is -2.00. The van der Waals surface area contributed by atoms with Crippen LogP contribution in [0.15, 0.2) is 70.7 Å². The summed E-state index contributed by atoms with van der Waals surface area (Å²) in [6.45, 7) is 3.63. The van der Waals surface area contributed by atoms with E-state index in [1.807, 2.05) is 74.5 Å². The maximum absolute atomic E-state index is 13.5. The Bertz CT molecular complexity index is 749. The Morgan fingerprint density at radius 1 is 0.870 bits per heavy atom. The molecule has 0 saturated carbocycles. The number of aldehydes is 1. The van der Waals surface area contributed by atoms with Crippen molar-refractivity contribution in [1.82, 2.24) is 0 Å². The highest BCUT2D eigenvalue weighted by Gasteiger charge is 2.58. The molecule has 0 radical (unpaired) electrons. The minimum atomic E-state index is -0.970. The first-order chi connectivity index (χ1) is 11.0. The Morgan fingerprint density at radius 3 is 1.65 bits per heavy atom. The van der Waals surface area contributed by atoms with Gasteiger partial charge in [-0.3, -0.25) is 9.59 Å². The summed E-state index contributed by atoms with van der Waals surface area (Å²) in [5.41, 5.74) is 0.436. The third kappa shape index (κ3) is 2.07. The highest BCUT2D eigenvalue weighted by molar-refractivity contribution is 9.11. The van der Waals surface area contributed by atoms with Gasteiger partial charge in [-0.25, -0.2) is 0 Å². The largest absolute Gasteiger partial charge is 0.298 e. The Balaban J connectivity index is 2.42. The predicted octanol–water partition coefficient (Wildman–Crippen LogP) is 4.43. The lowest BCUT2D eigenvalue weighted by Gasteiger charge is -2.32. The van der Waals surface area contributed by atoms with Gasteiger partial charge in [0.25, 0.3) is 0 Å². The smallest absolute Gasteiger partial charge is 0.162 e. The van der Waals surface area contributed by atoms with Crippen molar-refractivity contribution in [2.24, 2.45) is 5.41 Å². The number of allylic oxidation sites excluding steroid dienone is 2. The molecule has 0 unspecified atom stereocenters. The van der Waals surface area contributed by atoms with E-state index in [0.717, 1.165) is 17.4 Å². The van der Waals surface area contributed by atoms with E-state index in [2.05, 4.69) is 15.9 Å². The summed E-state index contributed by atoms with van der Waals surface area (Å²) in [5.74, 6) is 0.0105. The summed E-state index contributed by atoms with van der Waals surface area (Å²) in [6, 6.07) is 19.3. The summed E-state index contributed by atoms with van der Waals surface area (Å²) in [6.07, 6.45) is 0.801. The number of rotatable bonds is 3. The van der Waals surface area contributed by atoms with E-state index in [4.69, 9.17) is 0 Å². The summed E-state index contributed by atoms with van der Waals surface area (Å²) in [4.78, 5) is 25.2. The fraction of sp³-hybridized carbons (Fsp3) is 0.200. The van der Waals surface area contributed by atoms with E-state index in [9.17, 15) is 9.59 Å². The first kappa shape index (κ1) is 15.9. The quantitative estimate of drug-likeness (QED) is 0.751. The number of ketones is 1. The van der Waals surface area contributed by atoms with Crippen LogP contribution in [0.1, 0.15) is 25.0 Å². The summed E-state index contributed by atoms with van der Waals surface area (Å²) < 4.78 is 0.646. The molecule has 0 spiro atoms. The van der Waals surface area contributed by atoms with Crippen molar-refractivity contribution < 1.29 is 9.59 Å². The van der Waals surface area contributed by atoms with Crippen molar-refractivity contribution in [1.29, 1.82) is 0 Å². The van der Waals surface area contributed by atoms with E-state index < -0.39 is 10.8 Å². The molecule has 116 valence electrons. The molecule has 3 heteroatoms. The third-order valence-corrected chi connectivity index (χ3v) is 5.70. The lowest BCUT2D eigenvalue weighted by Crippen LogP contribution is -2.39. The maximum atomic E-state index is 13.5. The lowest BCUT2D eigenvalue weighted by atomic mass is 9.69. The highest BCUT2D eigenvalue weighted by atomic mass is 79.9. The molecular formula is C20H17BrO2. The first-order valence-corrected chi connectivity index (χ1v) is 8.28. The number of carbonyl (C=O) groups is 2. The summed E-state index contributed by atoms with van der Waals surface area (Å²) in [5, 5.41) is 0. The molecule has 0 amide bonds. The number of hydrogen-bond donors (Lipinski definition) is 0. The molecule has 3 rings (SSSR count). The van der Waals surface area contributed by atoms with Gasteiger partial charge in [0.1, 0.15) is 11.7 Å². The standard InChI is InChI=1S/C20H17BrO2/c1-19(2)16(13-22)17(21)20(18(19)23,14-9-5-3-6-10-14)15-11-7-4-8-12-15/h3-13H,1-2H3. The topological polar surface area (TPSA) is 34.1 Å². The molecule has 1 aliphatic rings. The molecule has 23 heavy (non-hydrogen) atoms. The number of carbonyl (C=O) groups excluding carboxylic acids is 2. The van der Waals surface area contributed by atoms with Crippen molar-refractivity contribution in [3.8, 4) is 0 Å². The van der Waals surface area contributed by atoms with Gasteiger partial charge in [-0.2, -0.15) is 0 Å². The fourth-order valence-electron chi connectivity index (χ4n) is 3.42. The average molecular weight is 369 g/mol. The molecule has 0 bridgehead atoms. The van der Waals surface area contributed by atoms with Gasteiger partial charge in [0.05, 0.1) is 5.41 Å². The van der Waals surface area contributed by atoms with E-state index in [1.54, 1.807) is 0 Å². The van der Waals surface area contributed by atoms with Crippen LogP contribution < -0.4 is 0 Å². The Morgan fingerprint density at radius 2 is 1.30 bits per heavy atom. The molecule has 0 aliphatic heterocycles. The third-order valence-electron chi connectivity index (χ3n) is 4.68. The van der Waals surface area contributed by atoms with E-state index >= 15 is 0 Å². The number of Topliss-reactive ketones (excluding diaryl/α,β-unsaturated/α-hetero) is 1. The normalized spacial score (nSPS) is 19.0. The van der Waals surface area contributed by atoms with Gasteiger partial charge < -0.3 is 0 Å². The van der Waals surface area contributed by atoms with Crippen LogP contribution in [-0.2, 0) is 15.0 Å². The molecule has 0 fully saturated rings. The van der Waals surface area contributed by atoms with Gasteiger partial charge in [0.15, 0.2) is 5.78 Å². The molecule has 0 heterocycles. The molecule has 0 aromatic heterocycles. The highest BCUT2D eigenvalue weighted by Crippen LogP contribution is 2.56. The fourth-order valence-corrected chi connectivity index (χ4v) is 4.65. The molecule has 2 aromatic carbocycles. The second-order valence-corrected chi connectivity index (χ2v) is 7.07. The molecule has 0 saturated heterocycles. The van der Waals surface area contributed by atoms with Crippen LogP contribution in [0.2, 0.25) is 0 Å². The van der Waals surface area contributed by atoms with E-state index in [0.29, 0.717) is 10.1 Å². The van der Waals surface area contributed by atoms with Crippen LogP contribution in [0.25, 0.3) is 0 Å². The molecule has 2 nitrogen and oxygen atoms in total. The van der Waals surface area contributed by atoms with Crippen LogP contribution in [0.4, 0.5) is 0 Å². The maximum Gasteiger partial charge on any atom is 0.162 e. The van der Waals surface area contributed by atoms with Crippen molar-refractivity contribution in [3.05, 3.63) is 81.8 Å². The average Bonchev–Trinajstić information content (AvgIpc) is 2.72. The van der Waals surface area contributed by atoms with Gasteiger partial charge >= 0.3 is 0 Å². The van der Waals surface area contributed by atoms with Crippen LogP contribution in [0, 0.1) is 5.41 Å². The van der Waals surface area contributed by atoms with Gasteiger partial charge in [-0.15, -0.1) is 0 Å². The molecular weight excluding hydrogens is 352 g/mol. The monoisotopic (exact) mass is 368 g/mol. The van der Waals surface area contributed by atoms with Crippen molar-refractivity contribution in [2.75, 3.05) is 0 Å². The van der Waals surface area contributed by atoms with E-state index in [1.165, 1.54) is 0 Å². The zero-order valence-electron chi connectivity index (χ0n) is 13.0. The zero-order valence-corrected chi connectivity index (χ0v) is 14.6. The first-order valence-electron chi connectivity index (χ1n) is 7.49. The number of benzene rings is 2. The molecule has 0 N–H and O–H groups in total. The summed E-state index contributed by atoms with van der Waals surface area (Å²) >= 11 is 3.61. The van der Waals surface area contributed by atoms with Crippen LogP contribution >= 0.6 is 15.9 Å². The van der Waals surface area contributed by atoms with Crippen LogP contribution in [-0.4, -0.2) is 12.1 Å². The SMILES string of the molecule is CC1(C)C(=O)C(c2ccccc2)(c2ccccc2)C(Br)=C1C=O. The minimum absolute atomic E-state index is 0.0105. The van der Waals surface area contributed by atoms with E-state index in [-0.39, 0.29) is 5.78 Å². The van der Waals surface area contributed by atoms with Crippen molar-refractivity contribution in [3.63, 3.8) is 0 Å². The number of hydrogen-bond acceptors (Lipinski definition) is 2. The Labute approximate surface area is 144 Å². The second kappa shape index (κ2) is 5.57.